The van der Waals surface area contributed by atoms with E-state index in [4.69, 9.17) is 5.73 Å². The monoisotopic (exact) mass is 259 g/mol. The van der Waals surface area contributed by atoms with Gasteiger partial charge in [-0.25, -0.2) is 0 Å². The minimum Gasteiger partial charge on any atom is -0.506 e. The summed E-state index contributed by atoms with van der Waals surface area (Å²) in [6, 6.07) is 3.48. The number of aromatic hydroxyl groups is 1. The Bertz CT molecular complexity index is 305. The van der Waals surface area contributed by atoms with Gasteiger partial charge in [-0.05, 0) is 59.1 Å². The van der Waals surface area contributed by atoms with E-state index in [2.05, 4.69) is 15.9 Å². The Balaban J connectivity index is 3.00. The maximum absolute atomic E-state index is 9.68. The molecule has 78 valence electrons. The standard InChI is InChI=1S/C10H14BrNO2/c1-6-4-7(9(13)2-3-12)5-8(11)10(6)14/h4-5,9,13-14H,2-3,12H2,1H3. The van der Waals surface area contributed by atoms with E-state index in [0.29, 0.717) is 17.4 Å². The van der Waals surface area contributed by atoms with E-state index < -0.39 is 6.10 Å². The first kappa shape index (κ1) is 11.5. The molecule has 1 aromatic carbocycles. The Morgan fingerprint density at radius 3 is 2.64 bits per heavy atom. The van der Waals surface area contributed by atoms with E-state index in [-0.39, 0.29) is 5.75 Å². The van der Waals surface area contributed by atoms with Crippen LogP contribution in [0.15, 0.2) is 16.6 Å². The van der Waals surface area contributed by atoms with Crippen LogP contribution in [0.4, 0.5) is 0 Å². The fourth-order valence-electron chi connectivity index (χ4n) is 1.28. The second kappa shape index (κ2) is 4.77. The van der Waals surface area contributed by atoms with E-state index >= 15 is 0 Å². The highest BCUT2D eigenvalue weighted by molar-refractivity contribution is 9.10. The average molecular weight is 260 g/mol. The van der Waals surface area contributed by atoms with Crippen molar-refractivity contribution >= 4 is 15.9 Å². The highest BCUT2D eigenvalue weighted by Gasteiger charge is 2.10. The average Bonchev–Trinajstić information content (AvgIpc) is 2.13. The van der Waals surface area contributed by atoms with Gasteiger partial charge in [-0.3, -0.25) is 0 Å². The number of aliphatic hydroxyl groups excluding tert-OH is 1. The first-order valence-corrected chi connectivity index (χ1v) is 5.22. The lowest BCUT2D eigenvalue weighted by atomic mass is 10.0. The maximum Gasteiger partial charge on any atom is 0.132 e. The molecule has 1 aromatic rings. The summed E-state index contributed by atoms with van der Waals surface area (Å²) in [5, 5.41) is 19.2. The summed E-state index contributed by atoms with van der Waals surface area (Å²) in [6.07, 6.45) is -0.0352. The van der Waals surface area contributed by atoms with Gasteiger partial charge in [0.25, 0.3) is 0 Å². The number of hydrogen-bond donors (Lipinski definition) is 3. The number of phenolic OH excluding ortho intramolecular Hbond substituents is 1. The molecule has 0 radical (unpaired) electrons. The van der Waals surface area contributed by atoms with Crippen molar-refractivity contribution < 1.29 is 10.2 Å². The molecule has 0 saturated carbocycles. The molecular formula is C10H14BrNO2. The van der Waals surface area contributed by atoms with Crippen LogP contribution in [0.2, 0.25) is 0 Å². The molecule has 0 aliphatic heterocycles. The van der Waals surface area contributed by atoms with Gasteiger partial charge in [0, 0.05) is 0 Å². The smallest absolute Gasteiger partial charge is 0.132 e. The summed E-state index contributed by atoms with van der Waals surface area (Å²) in [7, 11) is 0. The predicted molar refractivity (Wildman–Crippen MR) is 59.2 cm³/mol. The van der Waals surface area contributed by atoms with E-state index in [0.717, 1.165) is 11.1 Å². The van der Waals surface area contributed by atoms with Crippen LogP contribution in [0.25, 0.3) is 0 Å². The molecule has 0 saturated heterocycles. The van der Waals surface area contributed by atoms with Crippen molar-refractivity contribution in [1.29, 1.82) is 0 Å². The summed E-state index contributed by atoms with van der Waals surface area (Å²) in [5.41, 5.74) is 6.87. The van der Waals surface area contributed by atoms with E-state index in [1.807, 2.05) is 0 Å². The molecule has 4 heteroatoms. The van der Waals surface area contributed by atoms with Gasteiger partial charge in [-0.1, -0.05) is 0 Å². The molecule has 0 heterocycles. The lowest BCUT2D eigenvalue weighted by Crippen LogP contribution is -2.06. The first-order valence-electron chi connectivity index (χ1n) is 4.43. The molecule has 0 bridgehead atoms. The zero-order chi connectivity index (χ0) is 10.7. The summed E-state index contributed by atoms with van der Waals surface area (Å²) in [5.74, 6) is 0.216. The van der Waals surface area contributed by atoms with Crippen molar-refractivity contribution in [3.05, 3.63) is 27.7 Å². The number of benzene rings is 1. The van der Waals surface area contributed by atoms with Crippen LogP contribution < -0.4 is 5.73 Å². The molecule has 1 atom stereocenters. The topological polar surface area (TPSA) is 66.5 Å². The molecular weight excluding hydrogens is 246 g/mol. The summed E-state index contributed by atoms with van der Waals surface area (Å²) in [6.45, 7) is 2.23. The van der Waals surface area contributed by atoms with Gasteiger partial charge in [0.15, 0.2) is 0 Å². The van der Waals surface area contributed by atoms with E-state index in [1.165, 1.54) is 0 Å². The number of rotatable bonds is 3. The molecule has 3 nitrogen and oxygen atoms in total. The summed E-state index contributed by atoms with van der Waals surface area (Å²) >= 11 is 3.22. The fourth-order valence-corrected chi connectivity index (χ4v) is 1.86. The third-order valence-corrected chi connectivity index (χ3v) is 2.71. The Hall–Kier alpha value is -0.580. The Kier molecular flexibility index (Phi) is 3.92. The van der Waals surface area contributed by atoms with Crippen LogP contribution >= 0.6 is 15.9 Å². The third kappa shape index (κ3) is 2.47. The Morgan fingerprint density at radius 2 is 2.14 bits per heavy atom. The highest BCUT2D eigenvalue weighted by atomic mass is 79.9. The normalized spacial score (nSPS) is 12.9. The van der Waals surface area contributed by atoms with Gasteiger partial charge in [0.05, 0.1) is 10.6 Å². The van der Waals surface area contributed by atoms with Crippen molar-refractivity contribution in [3.63, 3.8) is 0 Å². The van der Waals surface area contributed by atoms with Gasteiger partial charge in [-0.2, -0.15) is 0 Å². The molecule has 0 amide bonds. The zero-order valence-electron chi connectivity index (χ0n) is 8.00. The molecule has 0 aliphatic rings. The minimum atomic E-state index is -0.560. The van der Waals surface area contributed by atoms with Crippen LogP contribution in [0.5, 0.6) is 5.75 Å². The van der Waals surface area contributed by atoms with Gasteiger partial charge in [-0.15, -0.1) is 0 Å². The molecule has 1 rings (SSSR count). The second-order valence-electron chi connectivity index (χ2n) is 3.26. The van der Waals surface area contributed by atoms with Crippen molar-refractivity contribution in [2.75, 3.05) is 6.54 Å². The Morgan fingerprint density at radius 1 is 1.50 bits per heavy atom. The lowest BCUT2D eigenvalue weighted by molar-refractivity contribution is 0.170. The van der Waals surface area contributed by atoms with Crippen LogP contribution in [-0.2, 0) is 0 Å². The summed E-state index contributed by atoms with van der Waals surface area (Å²) in [4.78, 5) is 0. The number of aliphatic hydroxyl groups is 1. The number of phenols is 1. The molecule has 0 aliphatic carbocycles. The second-order valence-corrected chi connectivity index (χ2v) is 4.12. The third-order valence-electron chi connectivity index (χ3n) is 2.10. The number of nitrogens with two attached hydrogens (primary N) is 1. The molecule has 4 N–H and O–H groups in total. The van der Waals surface area contributed by atoms with Crippen molar-refractivity contribution in [2.45, 2.75) is 19.4 Å². The van der Waals surface area contributed by atoms with Crippen LogP contribution in [0.3, 0.4) is 0 Å². The van der Waals surface area contributed by atoms with Crippen LogP contribution in [0, 0.1) is 6.92 Å². The molecule has 0 aromatic heterocycles. The van der Waals surface area contributed by atoms with Gasteiger partial charge in [0.1, 0.15) is 5.75 Å². The first-order chi connectivity index (χ1) is 6.56. The van der Waals surface area contributed by atoms with Crippen molar-refractivity contribution in [3.8, 4) is 5.75 Å². The highest BCUT2D eigenvalue weighted by Crippen LogP contribution is 2.31. The van der Waals surface area contributed by atoms with Crippen LogP contribution in [-0.4, -0.2) is 16.8 Å². The number of halogens is 1. The maximum atomic E-state index is 9.68. The van der Waals surface area contributed by atoms with Crippen molar-refractivity contribution in [2.24, 2.45) is 5.73 Å². The number of aryl methyl sites for hydroxylation is 1. The largest absolute Gasteiger partial charge is 0.506 e. The number of hydrogen-bond acceptors (Lipinski definition) is 3. The lowest BCUT2D eigenvalue weighted by Gasteiger charge is -2.12. The minimum absolute atomic E-state index is 0.216. The van der Waals surface area contributed by atoms with Gasteiger partial charge < -0.3 is 15.9 Å². The SMILES string of the molecule is Cc1cc(C(O)CCN)cc(Br)c1O. The van der Waals surface area contributed by atoms with E-state index in [1.54, 1.807) is 19.1 Å². The van der Waals surface area contributed by atoms with Gasteiger partial charge in [0.2, 0.25) is 0 Å². The summed E-state index contributed by atoms with van der Waals surface area (Å²) < 4.78 is 0.601. The van der Waals surface area contributed by atoms with Gasteiger partial charge >= 0.3 is 0 Å². The zero-order valence-corrected chi connectivity index (χ0v) is 9.58. The Labute approximate surface area is 91.7 Å². The van der Waals surface area contributed by atoms with E-state index in [9.17, 15) is 10.2 Å². The van der Waals surface area contributed by atoms with Crippen LogP contribution in [0.1, 0.15) is 23.7 Å². The molecule has 0 fully saturated rings. The predicted octanol–water partition coefficient (Wildman–Crippen LogP) is 1.85. The molecule has 14 heavy (non-hydrogen) atoms. The van der Waals surface area contributed by atoms with Crippen molar-refractivity contribution in [1.82, 2.24) is 0 Å². The fraction of sp³-hybridized carbons (Fsp3) is 0.400. The molecule has 0 spiro atoms. The molecule has 1 unspecified atom stereocenters. The quantitative estimate of drug-likeness (QED) is 0.776.